The van der Waals surface area contributed by atoms with Crippen molar-refractivity contribution in [1.82, 2.24) is 19.8 Å². The first-order chi connectivity index (χ1) is 21.6. The van der Waals surface area contributed by atoms with Crippen molar-refractivity contribution in [3.8, 4) is 11.5 Å². The Balaban J connectivity index is 1.04. The Labute approximate surface area is 256 Å². The van der Waals surface area contributed by atoms with Crippen LogP contribution in [0.25, 0.3) is 0 Å². The third-order valence-electron chi connectivity index (χ3n) is 8.69. The molecule has 0 bridgehead atoms. The third-order valence-corrected chi connectivity index (χ3v) is 8.69. The standard InChI is InChI=1S/C33H35N7O4/c41-40(42)31-32(38-15-13-36(14-16-38)22-25-11-12-28-29(21-25)44-24-43-28)34-23-35-33(31)39-19-17-37(18-20-39)30(26-7-3-1-4-8-26)27-9-5-2-6-10-27/h1-12,21,23,30H,13-20,22,24H2. The number of nitrogens with zero attached hydrogens (tertiary/aromatic N) is 7. The molecule has 11 nitrogen and oxygen atoms in total. The summed E-state index contributed by atoms with van der Waals surface area (Å²) in [6, 6.07) is 27.2. The molecule has 0 amide bonds. The summed E-state index contributed by atoms with van der Waals surface area (Å²) in [5.74, 6) is 2.36. The molecule has 0 unspecified atom stereocenters. The van der Waals surface area contributed by atoms with Gasteiger partial charge in [0.05, 0.1) is 11.0 Å². The number of piperazine rings is 2. The predicted molar refractivity (Wildman–Crippen MR) is 167 cm³/mol. The highest BCUT2D eigenvalue weighted by Gasteiger charge is 2.34. The first kappa shape index (κ1) is 28.1. The second-order valence-corrected chi connectivity index (χ2v) is 11.3. The van der Waals surface area contributed by atoms with Crippen molar-refractivity contribution < 1.29 is 14.4 Å². The van der Waals surface area contributed by atoms with E-state index in [2.05, 4.69) is 74.4 Å². The molecule has 3 aromatic carbocycles. The van der Waals surface area contributed by atoms with Crippen molar-refractivity contribution >= 4 is 17.3 Å². The molecule has 2 saturated heterocycles. The van der Waals surface area contributed by atoms with Gasteiger partial charge in [0.15, 0.2) is 11.5 Å². The van der Waals surface area contributed by atoms with E-state index in [4.69, 9.17) is 9.47 Å². The Hall–Kier alpha value is -4.74. The van der Waals surface area contributed by atoms with Crippen LogP contribution in [-0.4, -0.2) is 83.8 Å². The summed E-state index contributed by atoms with van der Waals surface area (Å²) in [6.45, 7) is 6.64. The fraction of sp³-hybridized carbons (Fsp3) is 0.333. The van der Waals surface area contributed by atoms with Crippen LogP contribution in [0.5, 0.6) is 11.5 Å². The van der Waals surface area contributed by atoms with E-state index < -0.39 is 0 Å². The van der Waals surface area contributed by atoms with Crippen LogP contribution in [0, 0.1) is 10.1 Å². The van der Waals surface area contributed by atoms with Crippen molar-refractivity contribution in [1.29, 1.82) is 0 Å². The summed E-state index contributed by atoms with van der Waals surface area (Å²) in [7, 11) is 0. The van der Waals surface area contributed by atoms with Gasteiger partial charge in [-0.15, -0.1) is 0 Å². The highest BCUT2D eigenvalue weighted by Crippen LogP contribution is 2.37. The number of aromatic nitrogens is 2. The van der Waals surface area contributed by atoms with E-state index in [0.29, 0.717) is 37.8 Å². The van der Waals surface area contributed by atoms with Crippen molar-refractivity contribution in [3.63, 3.8) is 0 Å². The van der Waals surface area contributed by atoms with Gasteiger partial charge in [-0.05, 0) is 28.8 Å². The summed E-state index contributed by atoms with van der Waals surface area (Å²) in [4.78, 5) is 29.9. The van der Waals surface area contributed by atoms with Crippen LogP contribution in [-0.2, 0) is 6.54 Å². The molecule has 7 rings (SSSR count). The van der Waals surface area contributed by atoms with Gasteiger partial charge in [0.1, 0.15) is 6.33 Å². The van der Waals surface area contributed by atoms with Crippen molar-refractivity contribution in [2.45, 2.75) is 12.6 Å². The fourth-order valence-corrected chi connectivity index (χ4v) is 6.48. The SMILES string of the molecule is O=[N+]([O-])c1c(N2CCN(Cc3ccc4c(c3)OCO4)CC2)ncnc1N1CCN(C(c2ccccc2)c2ccccc2)CC1. The van der Waals surface area contributed by atoms with Gasteiger partial charge in [0.2, 0.25) is 18.4 Å². The second-order valence-electron chi connectivity index (χ2n) is 11.3. The number of rotatable bonds is 8. The molecule has 4 aromatic rings. The average Bonchev–Trinajstić information content (AvgIpc) is 3.54. The lowest BCUT2D eigenvalue weighted by molar-refractivity contribution is -0.383. The number of fused-ring (bicyclic) bond motifs is 1. The lowest BCUT2D eigenvalue weighted by atomic mass is 9.96. The molecule has 1 aromatic heterocycles. The molecular weight excluding hydrogens is 558 g/mol. The monoisotopic (exact) mass is 593 g/mol. The lowest BCUT2D eigenvalue weighted by Crippen LogP contribution is -2.49. The summed E-state index contributed by atoms with van der Waals surface area (Å²) >= 11 is 0. The van der Waals surface area contributed by atoms with Gasteiger partial charge in [-0.25, -0.2) is 9.97 Å². The van der Waals surface area contributed by atoms with Gasteiger partial charge in [-0.1, -0.05) is 66.7 Å². The molecule has 226 valence electrons. The third kappa shape index (κ3) is 5.76. The number of hydrogen-bond donors (Lipinski definition) is 0. The van der Waals surface area contributed by atoms with Crippen molar-refractivity contribution in [2.24, 2.45) is 0 Å². The molecule has 11 heteroatoms. The van der Waals surface area contributed by atoms with Crippen LogP contribution in [0.1, 0.15) is 22.7 Å². The van der Waals surface area contributed by atoms with Crippen molar-refractivity contribution in [3.05, 3.63) is 112 Å². The maximum absolute atomic E-state index is 12.5. The minimum Gasteiger partial charge on any atom is -0.454 e. The molecule has 0 atom stereocenters. The summed E-state index contributed by atoms with van der Waals surface area (Å²) < 4.78 is 11.0. The van der Waals surface area contributed by atoms with Gasteiger partial charge in [0, 0.05) is 58.9 Å². The molecule has 4 heterocycles. The van der Waals surface area contributed by atoms with E-state index in [9.17, 15) is 10.1 Å². The highest BCUT2D eigenvalue weighted by atomic mass is 16.7. The van der Waals surface area contributed by atoms with E-state index in [1.54, 1.807) is 0 Å². The molecule has 3 aliphatic rings. The van der Waals surface area contributed by atoms with Crippen LogP contribution in [0.3, 0.4) is 0 Å². The zero-order chi connectivity index (χ0) is 29.9. The van der Waals surface area contributed by atoms with E-state index in [1.165, 1.54) is 17.5 Å². The highest BCUT2D eigenvalue weighted by molar-refractivity contribution is 5.71. The first-order valence-electron chi connectivity index (χ1n) is 15.1. The Morgan fingerprint density at radius 2 is 1.30 bits per heavy atom. The molecule has 0 spiro atoms. The van der Waals surface area contributed by atoms with Gasteiger partial charge in [0.25, 0.3) is 0 Å². The van der Waals surface area contributed by atoms with E-state index in [1.807, 2.05) is 34.1 Å². The number of nitro groups is 1. The zero-order valence-corrected chi connectivity index (χ0v) is 24.5. The number of hydrogen-bond acceptors (Lipinski definition) is 10. The molecule has 0 N–H and O–H groups in total. The summed E-state index contributed by atoms with van der Waals surface area (Å²) in [5, 5.41) is 12.5. The van der Waals surface area contributed by atoms with E-state index in [0.717, 1.165) is 49.8 Å². The van der Waals surface area contributed by atoms with E-state index >= 15 is 0 Å². The van der Waals surface area contributed by atoms with Crippen LogP contribution in [0.15, 0.2) is 85.2 Å². The molecule has 44 heavy (non-hydrogen) atoms. The Morgan fingerprint density at radius 3 is 1.89 bits per heavy atom. The maximum atomic E-state index is 12.5. The number of benzene rings is 3. The molecule has 0 saturated carbocycles. The molecule has 0 radical (unpaired) electrons. The average molecular weight is 594 g/mol. The molecular formula is C33H35N7O4. The van der Waals surface area contributed by atoms with Crippen molar-refractivity contribution in [2.75, 3.05) is 69.0 Å². The van der Waals surface area contributed by atoms with Gasteiger partial charge < -0.3 is 19.3 Å². The lowest BCUT2D eigenvalue weighted by Gasteiger charge is -2.40. The Kier molecular flexibility index (Phi) is 7.95. The zero-order valence-electron chi connectivity index (χ0n) is 24.5. The van der Waals surface area contributed by atoms with Gasteiger partial charge in [-0.3, -0.25) is 19.9 Å². The predicted octanol–water partition coefficient (Wildman–Crippen LogP) is 4.35. The van der Waals surface area contributed by atoms with E-state index in [-0.39, 0.29) is 23.4 Å². The molecule has 0 aliphatic carbocycles. The van der Waals surface area contributed by atoms with Gasteiger partial charge in [-0.2, -0.15) is 0 Å². The number of anilines is 2. The summed E-state index contributed by atoms with van der Waals surface area (Å²) in [5.41, 5.74) is 3.62. The van der Waals surface area contributed by atoms with Gasteiger partial charge >= 0.3 is 5.69 Å². The topological polar surface area (TPSA) is 100 Å². The minimum absolute atomic E-state index is 0.00663. The van der Waals surface area contributed by atoms with Crippen LogP contribution in [0.2, 0.25) is 0 Å². The van der Waals surface area contributed by atoms with Crippen LogP contribution in [0.4, 0.5) is 17.3 Å². The fourth-order valence-electron chi connectivity index (χ4n) is 6.48. The first-order valence-corrected chi connectivity index (χ1v) is 15.1. The molecule has 2 fully saturated rings. The molecule has 3 aliphatic heterocycles. The second kappa shape index (κ2) is 12.5. The summed E-state index contributed by atoms with van der Waals surface area (Å²) in [6.07, 6.45) is 1.47. The van der Waals surface area contributed by atoms with Crippen LogP contribution < -0.4 is 19.3 Å². The van der Waals surface area contributed by atoms with Crippen LogP contribution >= 0.6 is 0 Å². The Morgan fingerprint density at radius 1 is 0.727 bits per heavy atom. The number of ether oxygens (including phenoxy) is 2. The smallest absolute Gasteiger partial charge is 0.353 e. The maximum Gasteiger partial charge on any atom is 0.353 e. The Bertz CT molecular complexity index is 1550. The largest absolute Gasteiger partial charge is 0.454 e. The minimum atomic E-state index is -0.313. The normalized spacial score (nSPS) is 17.3. The quantitative estimate of drug-likeness (QED) is 0.217.